The summed E-state index contributed by atoms with van der Waals surface area (Å²) in [6.07, 6.45) is -0.687. The van der Waals surface area contributed by atoms with E-state index in [1.54, 1.807) is 6.07 Å². The normalized spacial score (nSPS) is 10.1. The van der Waals surface area contributed by atoms with Crippen LogP contribution in [0.15, 0.2) is 24.3 Å². The molecule has 0 fully saturated rings. The van der Waals surface area contributed by atoms with Gasteiger partial charge in [0.25, 0.3) is 0 Å². The number of nitrogens with zero attached hydrogens (tertiary/aromatic N) is 1. The van der Waals surface area contributed by atoms with Crippen LogP contribution in [-0.2, 0) is 0 Å². The Kier molecular flexibility index (Phi) is 4.45. The standard InChI is InChI=1S/C11H14N2O4/c1-8(2)7-12-11(14)17-10-6-4-3-5-9(10)13(15)16/h3-6,8H,7H2,1-2H3,(H,12,14). The molecule has 0 unspecified atom stereocenters. The molecule has 1 N–H and O–H groups in total. The minimum Gasteiger partial charge on any atom is -0.403 e. The van der Waals surface area contributed by atoms with E-state index >= 15 is 0 Å². The van der Waals surface area contributed by atoms with Crippen molar-refractivity contribution in [1.82, 2.24) is 5.32 Å². The van der Waals surface area contributed by atoms with Crippen molar-refractivity contribution in [3.63, 3.8) is 0 Å². The lowest BCUT2D eigenvalue weighted by atomic mass is 10.2. The summed E-state index contributed by atoms with van der Waals surface area (Å²) in [7, 11) is 0. The molecule has 0 saturated heterocycles. The van der Waals surface area contributed by atoms with Crippen molar-refractivity contribution in [1.29, 1.82) is 0 Å². The summed E-state index contributed by atoms with van der Waals surface area (Å²) in [6.45, 7) is 4.33. The highest BCUT2D eigenvalue weighted by atomic mass is 16.6. The fourth-order valence-corrected chi connectivity index (χ4v) is 1.12. The molecule has 0 bridgehead atoms. The van der Waals surface area contributed by atoms with Crippen LogP contribution in [0.1, 0.15) is 13.8 Å². The van der Waals surface area contributed by atoms with Crippen LogP contribution in [0.3, 0.4) is 0 Å². The maximum Gasteiger partial charge on any atom is 0.412 e. The number of rotatable bonds is 4. The van der Waals surface area contributed by atoms with Gasteiger partial charge in [-0.3, -0.25) is 10.1 Å². The van der Waals surface area contributed by atoms with Crippen molar-refractivity contribution in [2.24, 2.45) is 5.92 Å². The first-order chi connectivity index (χ1) is 8.00. The van der Waals surface area contributed by atoms with Gasteiger partial charge in [-0.1, -0.05) is 26.0 Å². The third-order valence-electron chi connectivity index (χ3n) is 1.92. The van der Waals surface area contributed by atoms with Crippen LogP contribution in [0.2, 0.25) is 0 Å². The predicted octanol–water partition coefficient (Wildman–Crippen LogP) is 2.34. The van der Waals surface area contributed by atoms with E-state index in [2.05, 4.69) is 5.32 Å². The lowest BCUT2D eigenvalue weighted by Crippen LogP contribution is -2.30. The molecule has 6 nitrogen and oxygen atoms in total. The second-order valence-corrected chi connectivity index (χ2v) is 3.89. The van der Waals surface area contributed by atoms with Gasteiger partial charge < -0.3 is 10.1 Å². The molecule has 0 radical (unpaired) electrons. The summed E-state index contributed by atoms with van der Waals surface area (Å²) < 4.78 is 4.87. The van der Waals surface area contributed by atoms with E-state index in [0.29, 0.717) is 6.54 Å². The topological polar surface area (TPSA) is 81.5 Å². The summed E-state index contributed by atoms with van der Waals surface area (Å²) in [5.41, 5.74) is -0.229. The summed E-state index contributed by atoms with van der Waals surface area (Å²) in [6, 6.07) is 5.74. The number of amides is 1. The first-order valence-corrected chi connectivity index (χ1v) is 5.19. The molecule has 1 aromatic carbocycles. The average Bonchev–Trinajstić information content (AvgIpc) is 2.27. The van der Waals surface area contributed by atoms with Gasteiger partial charge in [0.2, 0.25) is 5.75 Å². The molecule has 0 atom stereocenters. The number of carbonyl (C=O) groups excluding carboxylic acids is 1. The van der Waals surface area contributed by atoms with Gasteiger partial charge >= 0.3 is 11.8 Å². The van der Waals surface area contributed by atoms with Crippen molar-refractivity contribution in [3.05, 3.63) is 34.4 Å². The Hall–Kier alpha value is -2.11. The Bertz CT molecular complexity index is 418. The van der Waals surface area contributed by atoms with Crippen molar-refractivity contribution >= 4 is 11.8 Å². The summed E-state index contributed by atoms with van der Waals surface area (Å²) in [4.78, 5) is 21.4. The van der Waals surface area contributed by atoms with Crippen LogP contribution in [0.5, 0.6) is 5.75 Å². The number of hydrogen-bond acceptors (Lipinski definition) is 4. The van der Waals surface area contributed by atoms with Crippen LogP contribution in [-0.4, -0.2) is 17.6 Å². The number of ether oxygens (including phenoxy) is 1. The van der Waals surface area contributed by atoms with E-state index in [-0.39, 0.29) is 17.4 Å². The van der Waals surface area contributed by atoms with E-state index in [4.69, 9.17) is 4.74 Å². The summed E-state index contributed by atoms with van der Waals surface area (Å²) in [5.74, 6) is 0.229. The van der Waals surface area contributed by atoms with Gasteiger partial charge in [0.1, 0.15) is 0 Å². The molecule has 0 aromatic heterocycles. The minimum absolute atomic E-state index is 0.0567. The Balaban J connectivity index is 2.68. The Morgan fingerprint density at radius 3 is 2.71 bits per heavy atom. The van der Waals surface area contributed by atoms with Crippen LogP contribution < -0.4 is 10.1 Å². The number of benzene rings is 1. The second-order valence-electron chi connectivity index (χ2n) is 3.89. The van der Waals surface area contributed by atoms with Gasteiger partial charge in [0, 0.05) is 12.6 Å². The summed E-state index contributed by atoms with van der Waals surface area (Å²) >= 11 is 0. The number of carbonyl (C=O) groups is 1. The highest BCUT2D eigenvalue weighted by molar-refractivity contribution is 5.71. The molecular formula is C11H14N2O4. The van der Waals surface area contributed by atoms with Crippen LogP contribution in [0.25, 0.3) is 0 Å². The van der Waals surface area contributed by atoms with Gasteiger partial charge in [0.15, 0.2) is 0 Å². The first-order valence-electron chi connectivity index (χ1n) is 5.19. The Morgan fingerprint density at radius 1 is 1.47 bits per heavy atom. The largest absolute Gasteiger partial charge is 0.412 e. The quantitative estimate of drug-likeness (QED) is 0.644. The smallest absolute Gasteiger partial charge is 0.403 e. The first kappa shape index (κ1) is 13.0. The van der Waals surface area contributed by atoms with E-state index in [0.717, 1.165) is 0 Å². The zero-order valence-electron chi connectivity index (χ0n) is 9.67. The van der Waals surface area contributed by atoms with Gasteiger partial charge in [-0.25, -0.2) is 4.79 Å². The van der Waals surface area contributed by atoms with Gasteiger partial charge in [-0.2, -0.15) is 0 Å². The van der Waals surface area contributed by atoms with E-state index < -0.39 is 11.0 Å². The number of para-hydroxylation sites is 2. The zero-order valence-corrected chi connectivity index (χ0v) is 9.67. The monoisotopic (exact) mass is 238 g/mol. The van der Waals surface area contributed by atoms with Crippen molar-refractivity contribution < 1.29 is 14.5 Å². The lowest BCUT2D eigenvalue weighted by molar-refractivity contribution is -0.385. The van der Waals surface area contributed by atoms with E-state index in [1.165, 1.54) is 18.2 Å². The number of nitro groups is 1. The highest BCUT2D eigenvalue weighted by Crippen LogP contribution is 2.25. The van der Waals surface area contributed by atoms with Crippen molar-refractivity contribution in [2.45, 2.75) is 13.8 Å². The zero-order chi connectivity index (χ0) is 12.8. The molecular weight excluding hydrogens is 224 g/mol. The molecule has 1 aromatic rings. The maximum atomic E-state index is 11.3. The summed E-state index contributed by atoms with van der Waals surface area (Å²) in [5, 5.41) is 13.2. The molecule has 0 saturated carbocycles. The molecule has 0 aliphatic heterocycles. The molecule has 1 amide bonds. The fourth-order valence-electron chi connectivity index (χ4n) is 1.12. The van der Waals surface area contributed by atoms with Crippen LogP contribution in [0, 0.1) is 16.0 Å². The number of nitrogens with one attached hydrogen (secondary N) is 1. The third kappa shape index (κ3) is 4.10. The molecule has 1 rings (SSSR count). The maximum absolute atomic E-state index is 11.3. The third-order valence-corrected chi connectivity index (χ3v) is 1.92. The van der Waals surface area contributed by atoms with E-state index in [1.807, 2.05) is 13.8 Å². The van der Waals surface area contributed by atoms with Crippen molar-refractivity contribution in [2.75, 3.05) is 6.54 Å². The Morgan fingerprint density at radius 2 is 2.12 bits per heavy atom. The molecule has 0 aliphatic rings. The minimum atomic E-state index is -0.687. The number of nitro benzene ring substituents is 1. The highest BCUT2D eigenvalue weighted by Gasteiger charge is 2.16. The number of hydrogen-bond donors (Lipinski definition) is 1. The molecule has 6 heteroatoms. The Labute approximate surface area is 98.7 Å². The fraction of sp³-hybridized carbons (Fsp3) is 0.364. The lowest BCUT2D eigenvalue weighted by Gasteiger charge is -2.08. The molecule has 17 heavy (non-hydrogen) atoms. The average molecular weight is 238 g/mol. The predicted molar refractivity (Wildman–Crippen MR) is 62.0 cm³/mol. The van der Waals surface area contributed by atoms with Crippen molar-refractivity contribution in [3.8, 4) is 5.75 Å². The molecule has 92 valence electrons. The SMILES string of the molecule is CC(C)CNC(=O)Oc1ccccc1[N+](=O)[O-]. The molecule has 0 spiro atoms. The molecule has 0 aliphatic carbocycles. The van der Waals surface area contributed by atoms with Crippen LogP contribution in [0.4, 0.5) is 10.5 Å². The van der Waals surface area contributed by atoms with Gasteiger partial charge in [0.05, 0.1) is 4.92 Å². The van der Waals surface area contributed by atoms with Crippen LogP contribution >= 0.6 is 0 Å². The van der Waals surface area contributed by atoms with Gasteiger partial charge in [-0.05, 0) is 12.0 Å². The second kappa shape index (κ2) is 5.83. The molecule has 0 heterocycles. The van der Waals surface area contributed by atoms with Gasteiger partial charge in [-0.15, -0.1) is 0 Å². The van der Waals surface area contributed by atoms with E-state index in [9.17, 15) is 14.9 Å².